The molecule has 0 radical (unpaired) electrons. The first kappa shape index (κ1) is 22.3. The molecule has 0 saturated heterocycles. The van der Waals surface area contributed by atoms with E-state index in [0.717, 1.165) is 0 Å². The van der Waals surface area contributed by atoms with Gasteiger partial charge >= 0.3 is 59.1 Å². The Balaban J connectivity index is 0.00000242. The topological polar surface area (TPSA) is 89.5 Å². The number of carboxylic acids is 2. The van der Waals surface area contributed by atoms with Gasteiger partial charge in [-0.3, -0.25) is 0 Å². The van der Waals surface area contributed by atoms with Gasteiger partial charge in [-0.15, -0.1) is 0 Å². The molecule has 0 bridgehead atoms. The van der Waals surface area contributed by atoms with E-state index in [0.29, 0.717) is 11.1 Å². The summed E-state index contributed by atoms with van der Waals surface area (Å²) in [5.74, 6) is -3.02. The molecule has 0 aromatic heterocycles. The molecule has 2 aromatic carbocycles. The van der Waals surface area contributed by atoms with Crippen LogP contribution in [0.5, 0.6) is 0 Å². The van der Waals surface area contributed by atoms with E-state index in [1.54, 1.807) is 36.4 Å². The third-order valence-corrected chi connectivity index (χ3v) is 2.90. The van der Waals surface area contributed by atoms with Crippen LogP contribution in [0.2, 0.25) is 0 Å². The molecule has 5 nitrogen and oxygen atoms in total. The number of aliphatic carboxylic acids is 2. The van der Waals surface area contributed by atoms with E-state index in [9.17, 15) is 19.8 Å². The summed E-state index contributed by atoms with van der Waals surface area (Å²) in [4.78, 5) is 22.5. The first-order valence-corrected chi connectivity index (χ1v) is 6.26. The summed E-state index contributed by atoms with van der Waals surface area (Å²) in [5.41, 5.74) is 0.611. The summed E-state index contributed by atoms with van der Waals surface area (Å²) in [5, 5.41) is 22.5. The van der Waals surface area contributed by atoms with Crippen molar-refractivity contribution in [3.8, 4) is 0 Å². The van der Waals surface area contributed by atoms with E-state index in [1.807, 2.05) is 0 Å². The van der Waals surface area contributed by atoms with Crippen molar-refractivity contribution in [2.24, 2.45) is 0 Å². The molecule has 0 saturated carbocycles. The molecule has 2 rings (SSSR count). The van der Waals surface area contributed by atoms with Crippen molar-refractivity contribution in [3.63, 3.8) is 0 Å². The number of carbonyl (C=O) groups is 2. The van der Waals surface area contributed by atoms with Crippen LogP contribution in [-0.2, 0) is 14.3 Å². The zero-order valence-corrected chi connectivity index (χ0v) is 17.0. The van der Waals surface area contributed by atoms with Crippen LogP contribution in [0.1, 0.15) is 23.3 Å². The van der Waals surface area contributed by atoms with Crippen molar-refractivity contribution in [1.29, 1.82) is 0 Å². The molecule has 7 heteroatoms. The number of hydrogen-bond donors (Lipinski definition) is 0. The van der Waals surface area contributed by atoms with Crippen molar-refractivity contribution in [3.05, 3.63) is 71.8 Å². The smallest absolute Gasteiger partial charge is 0.547 e. The van der Waals surface area contributed by atoms with Crippen molar-refractivity contribution < 1.29 is 83.7 Å². The quantitative estimate of drug-likeness (QED) is 0.492. The van der Waals surface area contributed by atoms with E-state index < -0.39 is 24.1 Å². The second kappa shape index (κ2) is 11.0. The van der Waals surface area contributed by atoms with Gasteiger partial charge in [-0.2, -0.15) is 0 Å². The predicted octanol–water partition coefficient (Wildman–Crippen LogP) is -6.01. The summed E-state index contributed by atoms with van der Waals surface area (Å²) in [6.45, 7) is 0. The largest absolute Gasteiger partial charge is 1.00 e. The standard InChI is InChI=1S/C16H14O5.2Na/c17-15(18)13(11-7-3-1-4-8-11)21-14(16(19)20)12-9-5-2-6-10-12;;/h1-10,13-14H,(H,17,18)(H,19,20);;/q;2*+1/p-2. The van der Waals surface area contributed by atoms with E-state index in [-0.39, 0.29) is 59.1 Å². The molecule has 0 spiro atoms. The molecular formula is C16H12Na2O5. The summed E-state index contributed by atoms with van der Waals surface area (Å²) in [6, 6.07) is 16.0. The van der Waals surface area contributed by atoms with Gasteiger partial charge in [0, 0.05) is 0 Å². The maximum atomic E-state index is 11.2. The first-order chi connectivity index (χ1) is 10.1. The van der Waals surface area contributed by atoms with Crippen LogP contribution in [0.3, 0.4) is 0 Å². The van der Waals surface area contributed by atoms with E-state index >= 15 is 0 Å². The molecule has 23 heavy (non-hydrogen) atoms. The molecule has 0 aliphatic rings. The predicted molar refractivity (Wildman–Crippen MR) is 69.5 cm³/mol. The SMILES string of the molecule is O=C([O-])C(OC(C(=O)[O-])c1ccccc1)c1ccccc1.[Na+].[Na+]. The molecule has 0 aliphatic heterocycles. The molecule has 0 aliphatic carbocycles. The van der Waals surface area contributed by atoms with Crippen molar-refractivity contribution in [2.45, 2.75) is 12.2 Å². The van der Waals surface area contributed by atoms with Gasteiger partial charge in [0.2, 0.25) is 0 Å². The minimum Gasteiger partial charge on any atom is -0.547 e. The number of rotatable bonds is 6. The third kappa shape index (κ3) is 6.39. The van der Waals surface area contributed by atoms with Crippen LogP contribution in [0.25, 0.3) is 0 Å². The average molecular weight is 330 g/mol. The Hall–Kier alpha value is -0.660. The Kier molecular flexibility index (Phi) is 10.7. The minimum absolute atomic E-state index is 0. The van der Waals surface area contributed by atoms with Gasteiger partial charge in [-0.05, 0) is 11.1 Å². The van der Waals surface area contributed by atoms with Gasteiger partial charge in [-0.25, -0.2) is 0 Å². The van der Waals surface area contributed by atoms with Gasteiger partial charge in [0.05, 0.1) is 11.9 Å². The number of ether oxygens (including phenoxy) is 1. The molecule has 0 N–H and O–H groups in total. The molecule has 2 atom stereocenters. The van der Waals surface area contributed by atoms with Crippen LogP contribution in [0.4, 0.5) is 0 Å². The van der Waals surface area contributed by atoms with E-state index in [4.69, 9.17) is 4.74 Å². The van der Waals surface area contributed by atoms with Crippen molar-refractivity contribution in [2.75, 3.05) is 0 Å². The van der Waals surface area contributed by atoms with Crippen LogP contribution in [0, 0.1) is 0 Å². The van der Waals surface area contributed by atoms with Gasteiger partial charge in [-0.1, -0.05) is 60.7 Å². The molecular weight excluding hydrogens is 318 g/mol. The maximum absolute atomic E-state index is 11.2. The Labute approximate surface area is 178 Å². The van der Waals surface area contributed by atoms with Crippen molar-refractivity contribution in [1.82, 2.24) is 0 Å². The second-order valence-corrected chi connectivity index (χ2v) is 4.36. The van der Waals surface area contributed by atoms with Crippen LogP contribution < -0.4 is 69.3 Å². The van der Waals surface area contributed by atoms with Crippen LogP contribution in [0.15, 0.2) is 60.7 Å². The third-order valence-electron chi connectivity index (χ3n) is 2.90. The fourth-order valence-corrected chi connectivity index (χ4v) is 1.93. The maximum Gasteiger partial charge on any atom is 1.00 e. The summed E-state index contributed by atoms with van der Waals surface area (Å²) < 4.78 is 5.22. The normalized spacial score (nSPS) is 12.2. The summed E-state index contributed by atoms with van der Waals surface area (Å²) in [6.07, 6.45) is -2.98. The molecule has 2 unspecified atom stereocenters. The fourth-order valence-electron chi connectivity index (χ4n) is 1.93. The summed E-state index contributed by atoms with van der Waals surface area (Å²) in [7, 11) is 0. The van der Waals surface area contributed by atoms with E-state index in [2.05, 4.69) is 0 Å². The molecule has 0 amide bonds. The average Bonchev–Trinajstić information content (AvgIpc) is 2.49. The number of carbonyl (C=O) groups excluding carboxylic acids is 2. The van der Waals surface area contributed by atoms with Crippen LogP contribution >= 0.6 is 0 Å². The Morgan fingerprint density at radius 1 is 0.696 bits per heavy atom. The van der Waals surface area contributed by atoms with Gasteiger partial charge in [0.1, 0.15) is 12.2 Å². The second-order valence-electron chi connectivity index (χ2n) is 4.36. The molecule has 108 valence electrons. The zero-order chi connectivity index (χ0) is 15.2. The van der Waals surface area contributed by atoms with Gasteiger partial charge < -0.3 is 24.5 Å². The van der Waals surface area contributed by atoms with Gasteiger partial charge in [0.15, 0.2) is 0 Å². The molecule has 0 heterocycles. The Morgan fingerprint density at radius 3 is 1.26 bits per heavy atom. The summed E-state index contributed by atoms with van der Waals surface area (Å²) >= 11 is 0. The Bertz CT molecular complexity index is 563. The van der Waals surface area contributed by atoms with E-state index in [1.165, 1.54) is 24.3 Å². The Morgan fingerprint density at radius 2 is 1.00 bits per heavy atom. The number of hydrogen-bond acceptors (Lipinski definition) is 5. The fraction of sp³-hybridized carbons (Fsp3) is 0.125. The first-order valence-electron chi connectivity index (χ1n) is 6.26. The number of carboxylic acid groups (broad SMARTS) is 2. The number of benzene rings is 2. The molecule has 2 aromatic rings. The van der Waals surface area contributed by atoms with Crippen LogP contribution in [-0.4, -0.2) is 11.9 Å². The molecule has 0 fully saturated rings. The minimum atomic E-state index is -1.51. The van der Waals surface area contributed by atoms with Crippen molar-refractivity contribution >= 4 is 11.9 Å². The van der Waals surface area contributed by atoms with Gasteiger partial charge in [0.25, 0.3) is 0 Å². The monoisotopic (exact) mass is 330 g/mol. The zero-order valence-electron chi connectivity index (χ0n) is 13.0.